The van der Waals surface area contributed by atoms with E-state index < -0.39 is 12.0 Å². The van der Waals surface area contributed by atoms with Gasteiger partial charge in [0.1, 0.15) is 6.04 Å². The predicted molar refractivity (Wildman–Crippen MR) is 75.5 cm³/mol. The second-order valence-electron chi connectivity index (χ2n) is 6.60. The first-order chi connectivity index (χ1) is 10.1. The number of ether oxygens (including phenoxy) is 1. The number of carbonyl (C=O) groups is 2. The molecule has 2 aliphatic heterocycles. The second kappa shape index (κ2) is 5.93. The van der Waals surface area contributed by atoms with Gasteiger partial charge in [-0.2, -0.15) is 0 Å². The van der Waals surface area contributed by atoms with Crippen LogP contribution in [-0.2, 0) is 14.3 Å². The highest BCUT2D eigenvalue weighted by Crippen LogP contribution is 2.39. The van der Waals surface area contributed by atoms with Crippen molar-refractivity contribution in [1.29, 1.82) is 0 Å². The van der Waals surface area contributed by atoms with Crippen LogP contribution in [0.5, 0.6) is 0 Å². The van der Waals surface area contributed by atoms with Gasteiger partial charge in [0.25, 0.3) is 0 Å². The van der Waals surface area contributed by atoms with E-state index in [1.54, 1.807) is 4.90 Å². The molecule has 0 spiro atoms. The lowest BCUT2D eigenvalue weighted by molar-refractivity contribution is -0.160. The first-order valence-electron chi connectivity index (χ1n) is 7.98. The van der Waals surface area contributed by atoms with Crippen molar-refractivity contribution in [1.82, 2.24) is 4.90 Å². The lowest BCUT2D eigenvalue weighted by Crippen LogP contribution is -2.60. The number of carboxylic acids is 1. The van der Waals surface area contributed by atoms with Crippen LogP contribution in [0.4, 0.5) is 0 Å². The quantitative estimate of drug-likeness (QED) is 0.778. The van der Waals surface area contributed by atoms with Crippen molar-refractivity contribution in [3.8, 4) is 0 Å². The van der Waals surface area contributed by atoms with E-state index in [1.807, 2.05) is 0 Å². The maximum absolute atomic E-state index is 12.9. The third kappa shape index (κ3) is 2.66. The van der Waals surface area contributed by atoms with Crippen molar-refractivity contribution < 1.29 is 19.4 Å². The van der Waals surface area contributed by atoms with Crippen LogP contribution in [0.15, 0.2) is 0 Å². The maximum Gasteiger partial charge on any atom is 0.326 e. The molecule has 0 radical (unpaired) electrons. The van der Waals surface area contributed by atoms with E-state index in [0.29, 0.717) is 25.6 Å². The number of carbonyl (C=O) groups excluding carboxylic acids is 1. The van der Waals surface area contributed by atoms with Gasteiger partial charge in [-0.25, -0.2) is 4.79 Å². The van der Waals surface area contributed by atoms with E-state index in [0.717, 1.165) is 25.7 Å². The summed E-state index contributed by atoms with van der Waals surface area (Å²) in [5.74, 6) is -0.923. The minimum atomic E-state index is -0.889. The fraction of sp³-hybridized carbons (Fsp3) is 0.867. The first-order valence-corrected chi connectivity index (χ1v) is 7.98. The lowest BCUT2D eigenvalue weighted by Gasteiger charge is -2.48. The highest BCUT2D eigenvalue weighted by molar-refractivity contribution is 5.86. The summed E-state index contributed by atoms with van der Waals surface area (Å²) in [7, 11) is 0. The molecule has 5 atom stereocenters. The van der Waals surface area contributed by atoms with E-state index in [4.69, 9.17) is 10.5 Å². The summed E-state index contributed by atoms with van der Waals surface area (Å²) in [6.07, 6.45) is 5.76. The molecule has 1 saturated carbocycles. The van der Waals surface area contributed by atoms with Crippen LogP contribution in [-0.4, -0.2) is 53.2 Å². The number of likely N-dealkylation sites (tertiary alicyclic amines) is 1. The molecule has 0 aromatic rings. The van der Waals surface area contributed by atoms with Gasteiger partial charge in [-0.05, 0) is 31.6 Å². The van der Waals surface area contributed by atoms with Crippen molar-refractivity contribution in [3.63, 3.8) is 0 Å². The highest BCUT2D eigenvalue weighted by Gasteiger charge is 2.47. The van der Waals surface area contributed by atoms with E-state index in [1.165, 1.54) is 6.42 Å². The SMILES string of the molecule is NC1COCC1C(=O)N1C(C(=O)O)CCC2CCCCC21. The Kier molecular flexibility index (Phi) is 4.17. The van der Waals surface area contributed by atoms with Gasteiger partial charge in [0.15, 0.2) is 0 Å². The molecule has 6 heteroatoms. The molecule has 118 valence electrons. The molecule has 3 fully saturated rings. The van der Waals surface area contributed by atoms with Gasteiger partial charge in [-0.3, -0.25) is 4.79 Å². The number of nitrogens with two attached hydrogens (primary N) is 1. The zero-order chi connectivity index (χ0) is 15.0. The Morgan fingerprint density at radius 2 is 1.86 bits per heavy atom. The van der Waals surface area contributed by atoms with Gasteiger partial charge >= 0.3 is 5.97 Å². The summed E-state index contributed by atoms with van der Waals surface area (Å²) in [5.41, 5.74) is 5.96. The van der Waals surface area contributed by atoms with Gasteiger partial charge in [-0.1, -0.05) is 12.8 Å². The zero-order valence-corrected chi connectivity index (χ0v) is 12.2. The average molecular weight is 296 g/mol. The fourth-order valence-electron chi connectivity index (χ4n) is 4.21. The Balaban J connectivity index is 1.85. The van der Waals surface area contributed by atoms with Gasteiger partial charge in [-0.15, -0.1) is 0 Å². The molecule has 0 bridgehead atoms. The highest BCUT2D eigenvalue weighted by atomic mass is 16.5. The molecule has 0 aromatic heterocycles. The van der Waals surface area contributed by atoms with Gasteiger partial charge < -0.3 is 20.5 Å². The predicted octanol–water partition coefficient (Wildman–Crippen LogP) is 0.595. The smallest absolute Gasteiger partial charge is 0.326 e. The van der Waals surface area contributed by atoms with Crippen molar-refractivity contribution in [3.05, 3.63) is 0 Å². The van der Waals surface area contributed by atoms with Gasteiger partial charge in [0, 0.05) is 12.1 Å². The molecule has 21 heavy (non-hydrogen) atoms. The van der Waals surface area contributed by atoms with Crippen molar-refractivity contribution in [2.45, 2.75) is 56.7 Å². The van der Waals surface area contributed by atoms with E-state index in [-0.39, 0.29) is 23.9 Å². The molecule has 3 N–H and O–H groups in total. The third-order valence-electron chi connectivity index (χ3n) is 5.35. The molecule has 0 aromatic carbocycles. The molecule has 1 aliphatic carbocycles. The van der Waals surface area contributed by atoms with Crippen LogP contribution >= 0.6 is 0 Å². The zero-order valence-electron chi connectivity index (χ0n) is 12.2. The minimum absolute atomic E-state index is 0.0777. The largest absolute Gasteiger partial charge is 0.480 e. The number of fused-ring (bicyclic) bond motifs is 1. The summed E-state index contributed by atoms with van der Waals surface area (Å²) in [5, 5.41) is 9.50. The number of nitrogens with zero attached hydrogens (tertiary/aromatic N) is 1. The lowest BCUT2D eigenvalue weighted by atomic mass is 9.75. The van der Waals surface area contributed by atoms with E-state index in [2.05, 4.69) is 0 Å². The normalized spacial score (nSPS) is 39.9. The van der Waals surface area contributed by atoms with Gasteiger partial charge in [0.05, 0.1) is 19.1 Å². The molecular weight excluding hydrogens is 272 g/mol. The first kappa shape index (κ1) is 14.8. The molecule has 6 nitrogen and oxygen atoms in total. The molecule has 2 heterocycles. The van der Waals surface area contributed by atoms with Crippen molar-refractivity contribution >= 4 is 11.9 Å². The average Bonchev–Trinajstić information content (AvgIpc) is 2.91. The third-order valence-corrected chi connectivity index (χ3v) is 5.35. The standard InChI is InChI=1S/C15H24N2O4/c16-11-8-21-7-10(11)14(18)17-12-4-2-1-3-9(12)5-6-13(17)15(19)20/h9-13H,1-8,16H2,(H,19,20). The molecule has 3 aliphatic rings. The van der Waals surface area contributed by atoms with E-state index >= 15 is 0 Å². The molecule has 3 rings (SSSR count). The minimum Gasteiger partial charge on any atom is -0.480 e. The number of amides is 1. The van der Waals surface area contributed by atoms with Crippen LogP contribution in [0.2, 0.25) is 0 Å². The number of carboxylic acid groups (broad SMARTS) is 1. The summed E-state index contributed by atoms with van der Waals surface area (Å²) in [6, 6.07) is -0.922. The van der Waals surface area contributed by atoms with E-state index in [9.17, 15) is 14.7 Å². The van der Waals surface area contributed by atoms with Gasteiger partial charge in [0.2, 0.25) is 5.91 Å². The fourth-order valence-corrected chi connectivity index (χ4v) is 4.21. The molecule has 1 amide bonds. The number of piperidine rings is 1. The number of hydrogen-bond donors (Lipinski definition) is 2. The topological polar surface area (TPSA) is 92.9 Å². The van der Waals surface area contributed by atoms with Crippen molar-refractivity contribution in [2.75, 3.05) is 13.2 Å². The van der Waals surface area contributed by atoms with Crippen LogP contribution in [0.1, 0.15) is 38.5 Å². The van der Waals surface area contributed by atoms with Crippen molar-refractivity contribution in [2.24, 2.45) is 17.6 Å². The molecular formula is C15H24N2O4. The van der Waals surface area contributed by atoms with Crippen LogP contribution in [0.3, 0.4) is 0 Å². The summed E-state index contributed by atoms with van der Waals surface area (Å²) in [6.45, 7) is 0.705. The number of rotatable bonds is 2. The Bertz CT molecular complexity index is 428. The molecule has 5 unspecified atom stereocenters. The number of hydrogen-bond acceptors (Lipinski definition) is 4. The second-order valence-corrected chi connectivity index (χ2v) is 6.60. The Morgan fingerprint density at radius 1 is 1.10 bits per heavy atom. The van der Waals surface area contributed by atoms with Crippen LogP contribution in [0, 0.1) is 11.8 Å². The number of aliphatic carboxylic acids is 1. The summed E-state index contributed by atoms with van der Waals surface area (Å²) in [4.78, 5) is 26.1. The summed E-state index contributed by atoms with van der Waals surface area (Å²) >= 11 is 0. The van der Waals surface area contributed by atoms with Crippen LogP contribution < -0.4 is 5.73 Å². The maximum atomic E-state index is 12.9. The summed E-state index contributed by atoms with van der Waals surface area (Å²) < 4.78 is 5.29. The Labute approximate surface area is 124 Å². The van der Waals surface area contributed by atoms with Crippen LogP contribution in [0.25, 0.3) is 0 Å². The Morgan fingerprint density at radius 3 is 2.52 bits per heavy atom. The molecule has 2 saturated heterocycles. The monoisotopic (exact) mass is 296 g/mol. The Hall–Kier alpha value is -1.14.